The molecular formula is C17H19N3O3. The van der Waals surface area contributed by atoms with Crippen molar-refractivity contribution in [1.82, 2.24) is 10.3 Å². The fourth-order valence-electron chi connectivity index (χ4n) is 2.77. The molecule has 2 aromatic heterocycles. The van der Waals surface area contributed by atoms with Crippen LogP contribution in [-0.4, -0.2) is 23.0 Å². The molecule has 0 saturated heterocycles. The van der Waals surface area contributed by atoms with Gasteiger partial charge in [-0.15, -0.1) is 0 Å². The van der Waals surface area contributed by atoms with Gasteiger partial charge >= 0.3 is 0 Å². The Hall–Kier alpha value is -2.63. The van der Waals surface area contributed by atoms with E-state index >= 15 is 0 Å². The standard InChI is InChI=1S/C17H19N3O3/c21-17(13-4-3-11-20(22)12-13)19-14-6-8-15(9-7-14)23-16-5-1-2-10-18-16/h1-5,10-12,14-15H,6-9H2,(H,19,21). The predicted molar refractivity (Wildman–Crippen MR) is 83.8 cm³/mol. The van der Waals surface area contributed by atoms with Crippen LogP contribution in [0.25, 0.3) is 0 Å². The van der Waals surface area contributed by atoms with Gasteiger partial charge in [0.1, 0.15) is 11.7 Å². The molecule has 0 spiro atoms. The number of aromatic nitrogens is 2. The molecule has 2 heterocycles. The molecule has 1 amide bonds. The summed E-state index contributed by atoms with van der Waals surface area (Å²) in [6.07, 6.45) is 7.95. The van der Waals surface area contributed by atoms with Crippen molar-refractivity contribution in [2.45, 2.75) is 37.8 Å². The third-order valence-electron chi connectivity index (χ3n) is 3.97. The Morgan fingerprint density at radius 1 is 1.22 bits per heavy atom. The Labute approximate surface area is 134 Å². The van der Waals surface area contributed by atoms with Gasteiger partial charge in [0.2, 0.25) is 5.88 Å². The first-order chi connectivity index (χ1) is 11.2. The second kappa shape index (κ2) is 7.09. The van der Waals surface area contributed by atoms with E-state index in [0.29, 0.717) is 16.2 Å². The molecule has 6 heteroatoms. The van der Waals surface area contributed by atoms with Gasteiger partial charge in [0, 0.05) is 24.4 Å². The first-order valence-electron chi connectivity index (χ1n) is 7.78. The van der Waals surface area contributed by atoms with Crippen molar-refractivity contribution in [3.8, 4) is 5.88 Å². The molecule has 0 bridgehead atoms. The molecule has 23 heavy (non-hydrogen) atoms. The maximum absolute atomic E-state index is 12.1. The number of nitrogens with zero attached hydrogens (tertiary/aromatic N) is 2. The summed E-state index contributed by atoms with van der Waals surface area (Å²) in [5.41, 5.74) is 0.384. The summed E-state index contributed by atoms with van der Waals surface area (Å²) < 4.78 is 6.47. The van der Waals surface area contributed by atoms with Crippen molar-refractivity contribution in [3.63, 3.8) is 0 Å². The number of rotatable bonds is 4. The molecule has 0 aliphatic heterocycles. The monoisotopic (exact) mass is 313 g/mol. The zero-order valence-corrected chi connectivity index (χ0v) is 12.7. The lowest BCUT2D eigenvalue weighted by atomic mass is 9.92. The fraction of sp³-hybridized carbons (Fsp3) is 0.353. The summed E-state index contributed by atoms with van der Waals surface area (Å²) in [6, 6.07) is 8.93. The van der Waals surface area contributed by atoms with Gasteiger partial charge < -0.3 is 15.3 Å². The Balaban J connectivity index is 1.48. The normalized spacial score (nSPS) is 20.7. The second-order valence-corrected chi connectivity index (χ2v) is 5.69. The number of hydrogen-bond donors (Lipinski definition) is 1. The Bertz CT molecular complexity index is 655. The summed E-state index contributed by atoms with van der Waals surface area (Å²) in [4.78, 5) is 16.3. The van der Waals surface area contributed by atoms with Gasteiger partial charge in [-0.1, -0.05) is 6.07 Å². The van der Waals surface area contributed by atoms with Crippen LogP contribution in [0, 0.1) is 5.21 Å². The Morgan fingerprint density at radius 2 is 2.04 bits per heavy atom. The van der Waals surface area contributed by atoms with E-state index in [1.165, 1.54) is 12.4 Å². The smallest absolute Gasteiger partial charge is 0.257 e. The number of hydrogen-bond acceptors (Lipinski definition) is 4. The average molecular weight is 313 g/mol. The molecule has 1 N–H and O–H groups in total. The number of nitrogens with one attached hydrogen (secondary N) is 1. The maximum atomic E-state index is 12.1. The molecule has 0 aromatic carbocycles. The molecule has 0 unspecified atom stereocenters. The molecule has 120 valence electrons. The lowest BCUT2D eigenvalue weighted by Crippen LogP contribution is -2.40. The highest BCUT2D eigenvalue weighted by Crippen LogP contribution is 2.23. The van der Waals surface area contributed by atoms with Gasteiger partial charge in [-0.25, -0.2) is 4.98 Å². The van der Waals surface area contributed by atoms with E-state index in [4.69, 9.17) is 4.74 Å². The van der Waals surface area contributed by atoms with Crippen molar-refractivity contribution in [2.75, 3.05) is 0 Å². The van der Waals surface area contributed by atoms with Crippen LogP contribution < -0.4 is 14.8 Å². The molecule has 1 fully saturated rings. The van der Waals surface area contributed by atoms with Crippen LogP contribution >= 0.6 is 0 Å². The first kappa shape index (κ1) is 15.3. The van der Waals surface area contributed by atoms with Gasteiger partial charge in [-0.05, 0) is 37.8 Å². The number of amides is 1. The quantitative estimate of drug-likeness (QED) is 0.690. The summed E-state index contributed by atoms with van der Waals surface area (Å²) in [5.74, 6) is 0.438. The lowest BCUT2D eigenvalue weighted by Gasteiger charge is -2.29. The molecule has 6 nitrogen and oxygen atoms in total. The number of carbonyl (C=O) groups is 1. The minimum Gasteiger partial charge on any atom is -0.619 e. The van der Waals surface area contributed by atoms with E-state index in [1.807, 2.05) is 18.2 Å². The second-order valence-electron chi connectivity index (χ2n) is 5.69. The first-order valence-corrected chi connectivity index (χ1v) is 7.78. The average Bonchev–Trinajstić information content (AvgIpc) is 2.57. The van der Waals surface area contributed by atoms with E-state index in [-0.39, 0.29) is 18.1 Å². The van der Waals surface area contributed by atoms with Gasteiger partial charge in [-0.3, -0.25) is 4.79 Å². The molecule has 1 aliphatic carbocycles. The van der Waals surface area contributed by atoms with Crippen molar-refractivity contribution in [3.05, 3.63) is 59.7 Å². The molecule has 1 aliphatic rings. The van der Waals surface area contributed by atoms with Crippen molar-refractivity contribution in [2.24, 2.45) is 0 Å². The van der Waals surface area contributed by atoms with Crippen LogP contribution in [0.4, 0.5) is 0 Å². The summed E-state index contributed by atoms with van der Waals surface area (Å²) >= 11 is 0. The highest BCUT2D eigenvalue weighted by molar-refractivity contribution is 5.93. The van der Waals surface area contributed by atoms with Gasteiger partial charge in [0.25, 0.3) is 5.91 Å². The van der Waals surface area contributed by atoms with Crippen LogP contribution in [0.2, 0.25) is 0 Å². The number of carbonyl (C=O) groups excluding carboxylic acids is 1. The zero-order chi connectivity index (χ0) is 16.1. The van der Waals surface area contributed by atoms with Gasteiger partial charge in [0.05, 0.1) is 0 Å². The molecule has 2 aromatic rings. The molecule has 3 rings (SSSR count). The van der Waals surface area contributed by atoms with Crippen molar-refractivity contribution in [1.29, 1.82) is 0 Å². The maximum Gasteiger partial charge on any atom is 0.257 e. The van der Waals surface area contributed by atoms with E-state index in [9.17, 15) is 10.0 Å². The minimum absolute atomic E-state index is 0.117. The summed E-state index contributed by atoms with van der Waals surface area (Å²) in [7, 11) is 0. The summed E-state index contributed by atoms with van der Waals surface area (Å²) in [5, 5.41) is 14.2. The highest BCUT2D eigenvalue weighted by atomic mass is 16.5. The van der Waals surface area contributed by atoms with Crippen LogP contribution in [0.5, 0.6) is 5.88 Å². The van der Waals surface area contributed by atoms with Crippen LogP contribution in [0.1, 0.15) is 36.0 Å². The van der Waals surface area contributed by atoms with Gasteiger partial charge in [0.15, 0.2) is 12.4 Å². The third-order valence-corrected chi connectivity index (χ3v) is 3.97. The van der Waals surface area contributed by atoms with E-state index in [0.717, 1.165) is 25.7 Å². The van der Waals surface area contributed by atoms with Crippen LogP contribution in [0.15, 0.2) is 48.9 Å². The van der Waals surface area contributed by atoms with E-state index in [2.05, 4.69) is 10.3 Å². The Morgan fingerprint density at radius 3 is 2.74 bits per heavy atom. The predicted octanol–water partition coefficient (Wildman–Crippen LogP) is 1.83. The van der Waals surface area contributed by atoms with Gasteiger partial charge in [-0.2, -0.15) is 4.73 Å². The van der Waals surface area contributed by atoms with Crippen molar-refractivity contribution < 1.29 is 14.3 Å². The van der Waals surface area contributed by atoms with Crippen LogP contribution in [-0.2, 0) is 0 Å². The molecule has 0 radical (unpaired) electrons. The number of pyridine rings is 2. The van der Waals surface area contributed by atoms with Crippen LogP contribution in [0.3, 0.4) is 0 Å². The highest BCUT2D eigenvalue weighted by Gasteiger charge is 2.24. The zero-order valence-electron chi connectivity index (χ0n) is 12.7. The van der Waals surface area contributed by atoms with Crippen molar-refractivity contribution >= 4 is 5.91 Å². The lowest BCUT2D eigenvalue weighted by molar-refractivity contribution is -0.605. The molecule has 1 saturated carbocycles. The molecule has 0 atom stereocenters. The van der Waals surface area contributed by atoms with E-state index in [1.54, 1.807) is 18.3 Å². The van der Waals surface area contributed by atoms with E-state index < -0.39 is 0 Å². The fourth-order valence-corrected chi connectivity index (χ4v) is 2.77. The Kier molecular flexibility index (Phi) is 4.71. The third kappa shape index (κ3) is 4.18. The topological polar surface area (TPSA) is 78.2 Å². The largest absolute Gasteiger partial charge is 0.619 e. The number of ether oxygens (including phenoxy) is 1. The molecular weight excluding hydrogens is 294 g/mol. The SMILES string of the molecule is O=C(NC1CCC(Oc2ccccn2)CC1)c1ccc[n+]([O-])c1. The minimum atomic E-state index is -0.204. The summed E-state index contributed by atoms with van der Waals surface area (Å²) in [6.45, 7) is 0.